The molecule has 1 aromatic heterocycles. The van der Waals surface area contributed by atoms with Crippen LogP contribution in [-0.2, 0) is 19.9 Å². The molecule has 1 aliphatic heterocycles. The largest absolute Gasteiger partial charge is 0.464 e. The maximum Gasteiger partial charge on any atom is 0.338 e. The van der Waals surface area contributed by atoms with Crippen molar-refractivity contribution < 1.29 is 14.3 Å². The van der Waals surface area contributed by atoms with Gasteiger partial charge in [-0.1, -0.05) is 6.07 Å². The van der Waals surface area contributed by atoms with Gasteiger partial charge in [-0.25, -0.2) is 4.79 Å². The highest BCUT2D eigenvalue weighted by Gasteiger charge is 2.59. The lowest BCUT2D eigenvalue weighted by Gasteiger charge is -2.02. The standard InChI is InChI=1S/C10H12O3S/c1-3-12-9(11)8-10(2,13-8)7-5-4-6-14-7/h4-6,8H,3H2,1-2H3. The lowest BCUT2D eigenvalue weighted by molar-refractivity contribution is -0.144. The first kappa shape index (κ1) is 9.68. The molecule has 1 saturated heterocycles. The van der Waals surface area contributed by atoms with Gasteiger partial charge >= 0.3 is 5.97 Å². The van der Waals surface area contributed by atoms with Crippen LogP contribution < -0.4 is 0 Å². The van der Waals surface area contributed by atoms with Gasteiger partial charge in [0.1, 0.15) is 5.60 Å². The van der Waals surface area contributed by atoms with Crippen LogP contribution in [0.2, 0.25) is 0 Å². The molecule has 14 heavy (non-hydrogen) atoms. The Balaban J connectivity index is 2.06. The summed E-state index contributed by atoms with van der Waals surface area (Å²) < 4.78 is 10.3. The number of ether oxygens (including phenoxy) is 2. The number of hydrogen-bond donors (Lipinski definition) is 0. The van der Waals surface area contributed by atoms with E-state index in [0.29, 0.717) is 6.61 Å². The third kappa shape index (κ3) is 1.44. The molecular formula is C10H12O3S. The molecule has 0 saturated carbocycles. The maximum atomic E-state index is 11.4. The number of epoxide rings is 1. The number of carbonyl (C=O) groups excluding carboxylic acids is 1. The second kappa shape index (κ2) is 3.37. The minimum Gasteiger partial charge on any atom is -0.464 e. The van der Waals surface area contributed by atoms with Gasteiger partial charge in [0.05, 0.1) is 6.61 Å². The second-order valence-electron chi connectivity index (χ2n) is 3.33. The van der Waals surface area contributed by atoms with Crippen LogP contribution >= 0.6 is 11.3 Å². The average Bonchev–Trinajstić information content (AvgIpc) is 2.67. The number of thiophene rings is 1. The second-order valence-corrected chi connectivity index (χ2v) is 4.28. The Hall–Kier alpha value is -0.870. The van der Waals surface area contributed by atoms with E-state index < -0.39 is 11.7 Å². The molecule has 2 unspecified atom stereocenters. The Morgan fingerprint density at radius 1 is 1.79 bits per heavy atom. The lowest BCUT2D eigenvalue weighted by Crippen LogP contribution is -2.18. The molecule has 0 radical (unpaired) electrons. The summed E-state index contributed by atoms with van der Waals surface area (Å²) in [6.45, 7) is 4.11. The molecule has 2 atom stereocenters. The van der Waals surface area contributed by atoms with E-state index in [1.165, 1.54) is 0 Å². The molecule has 0 aromatic carbocycles. The molecule has 1 fully saturated rings. The van der Waals surface area contributed by atoms with Gasteiger partial charge in [-0.15, -0.1) is 11.3 Å². The SMILES string of the molecule is CCOC(=O)C1OC1(C)c1cccs1. The Morgan fingerprint density at radius 2 is 2.57 bits per heavy atom. The molecule has 2 rings (SSSR count). The van der Waals surface area contributed by atoms with Crippen molar-refractivity contribution in [1.82, 2.24) is 0 Å². The van der Waals surface area contributed by atoms with Crippen molar-refractivity contribution in [1.29, 1.82) is 0 Å². The highest BCUT2D eigenvalue weighted by atomic mass is 32.1. The normalized spacial score (nSPS) is 30.0. The Morgan fingerprint density at radius 3 is 3.14 bits per heavy atom. The first-order valence-electron chi connectivity index (χ1n) is 4.57. The van der Waals surface area contributed by atoms with E-state index in [1.807, 2.05) is 24.4 Å². The number of hydrogen-bond acceptors (Lipinski definition) is 4. The van der Waals surface area contributed by atoms with Crippen molar-refractivity contribution in [3.63, 3.8) is 0 Å². The van der Waals surface area contributed by atoms with Gasteiger partial charge in [-0.2, -0.15) is 0 Å². The van der Waals surface area contributed by atoms with E-state index in [-0.39, 0.29) is 5.97 Å². The molecule has 76 valence electrons. The van der Waals surface area contributed by atoms with Gasteiger partial charge in [-0.3, -0.25) is 0 Å². The number of rotatable bonds is 3. The highest BCUT2D eigenvalue weighted by Crippen LogP contribution is 2.48. The van der Waals surface area contributed by atoms with E-state index in [9.17, 15) is 4.79 Å². The van der Waals surface area contributed by atoms with Crippen LogP contribution in [0.25, 0.3) is 0 Å². The van der Waals surface area contributed by atoms with Gasteiger partial charge in [-0.05, 0) is 25.3 Å². The van der Waals surface area contributed by atoms with E-state index in [4.69, 9.17) is 9.47 Å². The average molecular weight is 212 g/mol. The van der Waals surface area contributed by atoms with E-state index >= 15 is 0 Å². The quantitative estimate of drug-likeness (QED) is 0.567. The van der Waals surface area contributed by atoms with Crippen LogP contribution in [0.1, 0.15) is 18.7 Å². The molecule has 1 aromatic rings. The minimum absolute atomic E-state index is 0.261. The fourth-order valence-corrected chi connectivity index (χ4v) is 2.30. The summed E-state index contributed by atoms with van der Waals surface area (Å²) in [4.78, 5) is 12.5. The van der Waals surface area contributed by atoms with Crippen LogP contribution in [0.15, 0.2) is 17.5 Å². The summed E-state index contributed by atoms with van der Waals surface area (Å²) in [5, 5.41) is 1.98. The fraction of sp³-hybridized carbons (Fsp3) is 0.500. The molecule has 3 nitrogen and oxygen atoms in total. The van der Waals surface area contributed by atoms with Crippen LogP contribution in [-0.4, -0.2) is 18.7 Å². The fourth-order valence-electron chi connectivity index (χ4n) is 1.45. The third-order valence-electron chi connectivity index (χ3n) is 2.32. The molecule has 0 aliphatic carbocycles. The first-order chi connectivity index (χ1) is 6.68. The van der Waals surface area contributed by atoms with Crippen LogP contribution in [0.4, 0.5) is 0 Å². The predicted molar refractivity (Wildman–Crippen MR) is 53.2 cm³/mol. The zero-order valence-electron chi connectivity index (χ0n) is 8.15. The zero-order chi connectivity index (χ0) is 10.2. The Labute approximate surface area is 86.6 Å². The van der Waals surface area contributed by atoms with Crippen LogP contribution in [0, 0.1) is 0 Å². The summed E-state index contributed by atoms with van der Waals surface area (Å²) in [5.41, 5.74) is -0.444. The summed E-state index contributed by atoms with van der Waals surface area (Å²) in [6.07, 6.45) is -0.416. The third-order valence-corrected chi connectivity index (χ3v) is 3.41. The van der Waals surface area contributed by atoms with Crippen LogP contribution in [0.3, 0.4) is 0 Å². The summed E-state index contributed by atoms with van der Waals surface area (Å²) >= 11 is 1.60. The van der Waals surface area contributed by atoms with Crippen molar-refractivity contribution in [2.24, 2.45) is 0 Å². The molecule has 0 amide bonds. The van der Waals surface area contributed by atoms with Crippen LogP contribution in [0.5, 0.6) is 0 Å². The van der Waals surface area contributed by atoms with E-state index in [0.717, 1.165) is 4.88 Å². The molecule has 4 heteroatoms. The van der Waals surface area contributed by atoms with E-state index in [1.54, 1.807) is 18.3 Å². The van der Waals surface area contributed by atoms with Crippen molar-refractivity contribution >= 4 is 17.3 Å². The first-order valence-corrected chi connectivity index (χ1v) is 5.45. The van der Waals surface area contributed by atoms with Gasteiger partial charge in [0, 0.05) is 4.88 Å². The molecule has 2 heterocycles. The number of esters is 1. The van der Waals surface area contributed by atoms with Crippen molar-refractivity contribution in [2.75, 3.05) is 6.61 Å². The van der Waals surface area contributed by atoms with Gasteiger partial charge in [0.2, 0.25) is 0 Å². The predicted octanol–water partition coefficient (Wildman–Crippen LogP) is 1.93. The molecular weight excluding hydrogens is 200 g/mol. The zero-order valence-corrected chi connectivity index (χ0v) is 8.97. The Bertz CT molecular complexity index is 333. The van der Waals surface area contributed by atoms with Gasteiger partial charge in [0.15, 0.2) is 6.10 Å². The minimum atomic E-state index is -0.444. The molecule has 0 N–H and O–H groups in total. The molecule has 0 bridgehead atoms. The highest BCUT2D eigenvalue weighted by molar-refractivity contribution is 7.10. The lowest BCUT2D eigenvalue weighted by atomic mass is 10.1. The topological polar surface area (TPSA) is 38.8 Å². The summed E-state index contributed by atoms with van der Waals surface area (Å²) in [6, 6.07) is 3.93. The van der Waals surface area contributed by atoms with Crippen molar-refractivity contribution in [2.45, 2.75) is 25.6 Å². The number of carbonyl (C=O) groups is 1. The Kier molecular flexibility index (Phi) is 2.33. The van der Waals surface area contributed by atoms with Crippen molar-refractivity contribution in [3.8, 4) is 0 Å². The van der Waals surface area contributed by atoms with Crippen molar-refractivity contribution in [3.05, 3.63) is 22.4 Å². The molecule has 0 spiro atoms. The summed E-state index contributed by atoms with van der Waals surface area (Å²) in [7, 11) is 0. The van der Waals surface area contributed by atoms with E-state index in [2.05, 4.69) is 0 Å². The smallest absolute Gasteiger partial charge is 0.338 e. The van der Waals surface area contributed by atoms with Gasteiger partial charge in [0.25, 0.3) is 0 Å². The maximum absolute atomic E-state index is 11.4. The monoisotopic (exact) mass is 212 g/mol. The summed E-state index contributed by atoms with van der Waals surface area (Å²) in [5.74, 6) is -0.261. The molecule has 1 aliphatic rings. The van der Waals surface area contributed by atoms with Gasteiger partial charge < -0.3 is 9.47 Å².